The van der Waals surface area contributed by atoms with E-state index < -0.39 is 17.5 Å². The van der Waals surface area contributed by atoms with E-state index in [2.05, 4.69) is 0 Å². The lowest BCUT2D eigenvalue weighted by molar-refractivity contribution is -0.155. The maximum Gasteiger partial charge on any atom is 0.337 e. The third-order valence-electron chi connectivity index (χ3n) is 2.39. The van der Waals surface area contributed by atoms with Crippen LogP contribution in [-0.4, -0.2) is 27.2 Å². The highest BCUT2D eigenvalue weighted by molar-refractivity contribution is 5.90. The first kappa shape index (κ1) is 14.8. The first-order chi connectivity index (χ1) is 8.65. The van der Waals surface area contributed by atoms with Crippen molar-refractivity contribution in [2.24, 2.45) is 0 Å². The van der Waals surface area contributed by atoms with Crippen LogP contribution in [0.5, 0.6) is 0 Å². The third kappa shape index (κ3) is 3.58. The van der Waals surface area contributed by atoms with Gasteiger partial charge in [-0.1, -0.05) is 0 Å². The van der Waals surface area contributed by atoms with E-state index in [0.717, 1.165) is 0 Å². The predicted octanol–water partition coefficient (Wildman–Crippen LogP) is 1.71. The van der Waals surface area contributed by atoms with E-state index in [-0.39, 0.29) is 17.8 Å². The standard InChI is InChI=1S/C13H16N2O4/c1-8-9(12(17)18)6-15(10(8)5-14)7-11(16)19-13(2,3)4/h6H,7H2,1-4H3,(H,17,18). The summed E-state index contributed by atoms with van der Waals surface area (Å²) in [6.07, 6.45) is 1.28. The van der Waals surface area contributed by atoms with Crippen LogP contribution in [0.15, 0.2) is 6.20 Å². The lowest BCUT2D eigenvalue weighted by Crippen LogP contribution is -2.26. The lowest BCUT2D eigenvalue weighted by atomic mass is 10.2. The fourth-order valence-corrected chi connectivity index (χ4v) is 1.66. The molecule has 1 heterocycles. The highest BCUT2D eigenvalue weighted by atomic mass is 16.6. The molecule has 0 spiro atoms. The number of carboxylic acid groups (broad SMARTS) is 1. The maximum absolute atomic E-state index is 11.7. The van der Waals surface area contributed by atoms with Crippen molar-refractivity contribution in [3.05, 3.63) is 23.0 Å². The van der Waals surface area contributed by atoms with Crippen molar-refractivity contribution in [1.82, 2.24) is 4.57 Å². The average Bonchev–Trinajstić information content (AvgIpc) is 2.52. The normalized spacial score (nSPS) is 10.9. The van der Waals surface area contributed by atoms with Gasteiger partial charge in [-0.3, -0.25) is 4.79 Å². The monoisotopic (exact) mass is 264 g/mol. The van der Waals surface area contributed by atoms with Crippen molar-refractivity contribution in [3.63, 3.8) is 0 Å². The average molecular weight is 264 g/mol. The Bertz CT molecular complexity index is 558. The Morgan fingerprint density at radius 2 is 2.05 bits per heavy atom. The molecule has 0 aliphatic rings. The van der Waals surface area contributed by atoms with Crippen LogP contribution < -0.4 is 0 Å². The zero-order chi connectivity index (χ0) is 14.8. The largest absolute Gasteiger partial charge is 0.478 e. The van der Waals surface area contributed by atoms with Gasteiger partial charge in [0.15, 0.2) is 0 Å². The zero-order valence-corrected chi connectivity index (χ0v) is 11.4. The summed E-state index contributed by atoms with van der Waals surface area (Å²) in [6.45, 7) is 6.56. The topological polar surface area (TPSA) is 92.3 Å². The number of nitriles is 1. The summed E-state index contributed by atoms with van der Waals surface area (Å²) >= 11 is 0. The molecule has 6 heteroatoms. The van der Waals surface area contributed by atoms with Gasteiger partial charge in [0.25, 0.3) is 0 Å². The summed E-state index contributed by atoms with van der Waals surface area (Å²) in [7, 11) is 0. The fraction of sp³-hybridized carbons (Fsp3) is 0.462. The van der Waals surface area contributed by atoms with Crippen molar-refractivity contribution in [1.29, 1.82) is 5.26 Å². The minimum Gasteiger partial charge on any atom is -0.478 e. The Labute approximate surface area is 111 Å². The lowest BCUT2D eigenvalue weighted by Gasteiger charge is -2.19. The van der Waals surface area contributed by atoms with Crippen molar-refractivity contribution in [2.75, 3.05) is 0 Å². The van der Waals surface area contributed by atoms with Crippen molar-refractivity contribution < 1.29 is 19.4 Å². The molecule has 102 valence electrons. The van der Waals surface area contributed by atoms with Gasteiger partial charge in [0.05, 0.1) is 5.56 Å². The molecule has 1 rings (SSSR count). The molecule has 1 N–H and O–H groups in total. The number of carbonyl (C=O) groups excluding carboxylic acids is 1. The molecular formula is C13H16N2O4. The van der Waals surface area contributed by atoms with Crippen LogP contribution in [0.4, 0.5) is 0 Å². The molecule has 0 radical (unpaired) electrons. The molecule has 1 aromatic rings. The Kier molecular flexibility index (Phi) is 4.00. The van der Waals surface area contributed by atoms with Crippen molar-refractivity contribution in [3.8, 4) is 6.07 Å². The SMILES string of the molecule is Cc1c(C(=O)O)cn(CC(=O)OC(C)(C)C)c1C#N. The fourth-order valence-electron chi connectivity index (χ4n) is 1.66. The number of nitrogens with zero attached hydrogens (tertiary/aromatic N) is 2. The molecule has 19 heavy (non-hydrogen) atoms. The molecule has 0 aliphatic heterocycles. The van der Waals surface area contributed by atoms with Gasteiger partial charge in [0.1, 0.15) is 23.9 Å². The zero-order valence-electron chi connectivity index (χ0n) is 11.4. The first-order valence-corrected chi connectivity index (χ1v) is 5.70. The molecule has 0 saturated carbocycles. The van der Waals surface area contributed by atoms with Gasteiger partial charge in [0, 0.05) is 6.20 Å². The van der Waals surface area contributed by atoms with E-state index in [1.807, 2.05) is 6.07 Å². The molecule has 1 aromatic heterocycles. The molecule has 6 nitrogen and oxygen atoms in total. The molecule has 0 atom stereocenters. The van der Waals surface area contributed by atoms with Crippen molar-refractivity contribution >= 4 is 11.9 Å². The number of aromatic nitrogens is 1. The second kappa shape index (κ2) is 5.14. The van der Waals surface area contributed by atoms with E-state index in [0.29, 0.717) is 5.56 Å². The second-order valence-electron chi connectivity index (χ2n) is 5.15. The number of esters is 1. The second-order valence-corrected chi connectivity index (χ2v) is 5.15. The summed E-state index contributed by atoms with van der Waals surface area (Å²) < 4.78 is 6.43. The Morgan fingerprint density at radius 1 is 1.47 bits per heavy atom. The van der Waals surface area contributed by atoms with E-state index in [9.17, 15) is 9.59 Å². The Balaban J connectivity index is 3.03. The number of hydrogen-bond donors (Lipinski definition) is 1. The van der Waals surface area contributed by atoms with Gasteiger partial charge in [0.2, 0.25) is 0 Å². The minimum absolute atomic E-state index is 0.0140. The van der Waals surface area contributed by atoms with Crippen molar-refractivity contribution in [2.45, 2.75) is 39.8 Å². The minimum atomic E-state index is -1.13. The molecule has 0 fully saturated rings. The van der Waals surface area contributed by atoms with Crippen LogP contribution in [0, 0.1) is 18.3 Å². The molecule has 0 saturated heterocycles. The predicted molar refractivity (Wildman–Crippen MR) is 66.7 cm³/mol. The highest BCUT2D eigenvalue weighted by Crippen LogP contribution is 2.17. The van der Waals surface area contributed by atoms with Crippen LogP contribution in [-0.2, 0) is 16.1 Å². The van der Waals surface area contributed by atoms with E-state index in [1.54, 1.807) is 20.8 Å². The smallest absolute Gasteiger partial charge is 0.337 e. The summed E-state index contributed by atoms with van der Waals surface area (Å²) in [4.78, 5) is 22.7. The van der Waals surface area contributed by atoms with Gasteiger partial charge in [-0.25, -0.2) is 4.79 Å². The van der Waals surface area contributed by atoms with E-state index in [4.69, 9.17) is 15.1 Å². The van der Waals surface area contributed by atoms with Crippen LogP contribution in [0.25, 0.3) is 0 Å². The molecule has 0 bridgehead atoms. The number of hydrogen-bond acceptors (Lipinski definition) is 4. The van der Waals surface area contributed by atoms with Gasteiger partial charge in [-0.05, 0) is 33.3 Å². The maximum atomic E-state index is 11.7. The highest BCUT2D eigenvalue weighted by Gasteiger charge is 2.21. The summed E-state index contributed by atoms with van der Waals surface area (Å²) in [5, 5.41) is 18.0. The van der Waals surface area contributed by atoms with Gasteiger partial charge in [-0.2, -0.15) is 5.26 Å². The van der Waals surface area contributed by atoms with E-state index in [1.165, 1.54) is 17.7 Å². The quantitative estimate of drug-likeness (QED) is 0.839. The Hall–Kier alpha value is -2.29. The van der Waals surface area contributed by atoms with Crippen LogP contribution in [0.2, 0.25) is 0 Å². The first-order valence-electron chi connectivity index (χ1n) is 5.70. The Morgan fingerprint density at radius 3 is 2.47 bits per heavy atom. The number of rotatable bonds is 3. The number of ether oxygens (including phenoxy) is 1. The molecular weight excluding hydrogens is 248 g/mol. The molecule has 0 amide bonds. The van der Waals surface area contributed by atoms with Gasteiger partial charge >= 0.3 is 11.9 Å². The molecule has 0 aromatic carbocycles. The van der Waals surface area contributed by atoms with Crippen LogP contribution >= 0.6 is 0 Å². The molecule has 0 aliphatic carbocycles. The number of aromatic carboxylic acids is 1. The van der Waals surface area contributed by atoms with Crippen LogP contribution in [0.1, 0.15) is 42.4 Å². The summed E-state index contributed by atoms with van der Waals surface area (Å²) in [5.74, 6) is -1.65. The van der Waals surface area contributed by atoms with E-state index >= 15 is 0 Å². The summed E-state index contributed by atoms with van der Waals surface area (Å²) in [5.41, 5.74) is -0.108. The van der Waals surface area contributed by atoms with Gasteiger partial charge in [-0.15, -0.1) is 0 Å². The van der Waals surface area contributed by atoms with Crippen LogP contribution in [0.3, 0.4) is 0 Å². The third-order valence-corrected chi connectivity index (χ3v) is 2.39. The number of carboxylic acids is 1. The number of carbonyl (C=O) groups is 2. The van der Waals surface area contributed by atoms with Gasteiger partial charge < -0.3 is 14.4 Å². The summed E-state index contributed by atoms with van der Waals surface area (Å²) in [6, 6.07) is 1.90. The molecule has 0 unspecified atom stereocenters.